The molecule has 0 aliphatic heterocycles. The van der Waals surface area contributed by atoms with Crippen molar-refractivity contribution in [1.82, 2.24) is 10.6 Å². The molecule has 0 saturated carbocycles. The highest BCUT2D eigenvalue weighted by Crippen LogP contribution is 2.09. The van der Waals surface area contributed by atoms with Crippen molar-refractivity contribution in [1.29, 1.82) is 0 Å². The Morgan fingerprint density at radius 3 is 2.41 bits per heavy atom. The maximum Gasteiger partial charge on any atom is 0.315 e. The summed E-state index contributed by atoms with van der Waals surface area (Å²) in [5.74, 6) is 0.0678. The van der Waals surface area contributed by atoms with Gasteiger partial charge in [0.25, 0.3) is 0 Å². The minimum Gasteiger partial charge on any atom is -0.338 e. The lowest BCUT2D eigenvalue weighted by molar-refractivity contribution is -0.116. The Morgan fingerprint density at radius 2 is 1.82 bits per heavy atom. The van der Waals surface area contributed by atoms with Crippen LogP contribution in [-0.2, 0) is 11.3 Å². The fourth-order valence-corrected chi connectivity index (χ4v) is 1.46. The molecule has 17 heavy (non-hydrogen) atoms. The van der Waals surface area contributed by atoms with Crippen LogP contribution in [0.4, 0.5) is 4.79 Å². The lowest BCUT2D eigenvalue weighted by Crippen LogP contribution is -2.36. The van der Waals surface area contributed by atoms with Gasteiger partial charge in [-0.25, -0.2) is 4.79 Å². The van der Waals surface area contributed by atoms with Crippen LogP contribution in [0.25, 0.3) is 0 Å². The Bertz CT molecular complexity index is 390. The number of benzene rings is 1. The third kappa shape index (κ3) is 6.06. The molecule has 0 spiro atoms. The van der Waals surface area contributed by atoms with Gasteiger partial charge in [0.1, 0.15) is 5.78 Å². The van der Waals surface area contributed by atoms with E-state index in [1.165, 1.54) is 6.92 Å². The van der Waals surface area contributed by atoms with Gasteiger partial charge in [-0.3, -0.25) is 4.79 Å². The summed E-state index contributed by atoms with van der Waals surface area (Å²) in [7, 11) is 0. The number of carbonyl (C=O) groups excluding carboxylic acids is 2. The average molecular weight is 299 g/mol. The summed E-state index contributed by atoms with van der Waals surface area (Å²) >= 11 is 3.34. The number of amides is 2. The molecule has 0 fully saturated rings. The molecule has 0 aromatic heterocycles. The van der Waals surface area contributed by atoms with Crippen molar-refractivity contribution in [2.24, 2.45) is 0 Å². The maximum atomic E-state index is 11.3. The summed E-state index contributed by atoms with van der Waals surface area (Å²) in [5.41, 5.74) is 1.02. The van der Waals surface area contributed by atoms with E-state index in [9.17, 15) is 9.59 Å². The van der Waals surface area contributed by atoms with Crippen LogP contribution in [-0.4, -0.2) is 18.4 Å². The fraction of sp³-hybridized carbons (Fsp3) is 0.333. The Labute approximate surface area is 109 Å². The van der Waals surface area contributed by atoms with Crippen LogP contribution in [0.5, 0.6) is 0 Å². The van der Waals surface area contributed by atoms with E-state index >= 15 is 0 Å². The second kappa shape index (κ2) is 7.06. The van der Waals surface area contributed by atoms with Crippen molar-refractivity contribution in [2.45, 2.75) is 19.9 Å². The Kier molecular flexibility index (Phi) is 5.69. The summed E-state index contributed by atoms with van der Waals surface area (Å²) in [6.45, 7) is 2.35. The summed E-state index contributed by atoms with van der Waals surface area (Å²) in [6, 6.07) is 7.45. The van der Waals surface area contributed by atoms with Crippen LogP contribution in [0.1, 0.15) is 18.9 Å². The third-order valence-electron chi connectivity index (χ3n) is 2.13. The van der Waals surface area contributed by atoms with Crippen molar-refractivity contribution in [2.75, 3.05) is 6.54 Å². The molecule has 0 saturated heterocycles. The van der Waals surface area contributed by atoms with Crippen molar-refractivity contribution in [3.05, 3.63) is 34.3 Å². The minimum atomic E-state index is -0.255. The highest BCUT2D eigenvalue weighted by atomic mass is 79.9. The van der Waals surface area contributed by atoms with Crippen molar-refractivity contribution in [3.63, 3.8) is 0 Å². The van der Waals surface area contributed by atoms with E-state index in [-0.39, 0.29) is 11.8 Å². The van der Waals surface area contributed by atoms with Gasteiger partial charge in [-0.05, 0) is 24.6 Å². The number of hydrogen-bond acceptors (Lipinski definition) is 2. The number of carbonyl (C=O) groups is 2. The Morgan fingerprint density at radius 1 is 1.18 bits per heavy atom. The molecule has 0 unspecified atom stereocenters. The van der Waals surface area contributed by atoms with Crippen molar-refractivity contribution < 1.29 is 9.59 Å². The maximum absolute atomic E-state index is 11.3. The number of hydrogen-bond donors (Lipinski definition) is 2. The molecule has 2 amide bonds. The number of halogens is 1. The molecule has 0 radical (unpaired) electrons. The molecule has 1 aromatic carbocycles. The molecule has 2 N–H and O–H groups in total. The summed E-state index contributed by atoms with van der Waals surface area (Å²) in [5, 5.41) is 5.33. The SMILES string of the molecule is CC(=O)CCNC(=O)NCc1ccc(Br)cc1. The molecule has 92 valence electrons. The van der Waals surface area contributed by atoms with Crippen LogP contribution in [0.2, 0.25) is 0 Å². The zero-order chi connectivity index (χ0) is 12.7. The molecule has 0 bridgehead atoms. The highest BCUT2D eigenvalue weighted by Gasteiger charge is 2.00. The van der Waals surface area contributed by atoms with Crippen LogP contribution >= 0.6 is 15.9 Å². The van der Waals surface area contributed by atoms with Crippen LogP contribution in [0.15, 0.2) is 28.7 Å². The van der Waals surface area contributed by atoms with Gasteiger partial charge in [0.15, 0.2) is 0 Å². The zero-order valence-electron chi connectivity index (χ0n) is 9.63. The molecule has 4 nitrogen and oxygen atoms in total. The van der Waals surface area contributed by atoms with Gasteiger partial charge in [0.2, 0.25) is 0 Å². The van der Waals surface area contributed by atoms with Gasteiger partial charge >= 0.3 is 6.03 Å². The highest BCUT2D eigenvalue weighted by molar-refractivity contribution is 9.10. The van der Waals surface area contributed by atoms with E-state index < -0.39 is 0 Å². The first-order valence-electron chi connectivity index (χ1n) is 5.33. The fourth-order valence-electron chi connectivity index (χ4n) is 1.20. The number of nitrogens with one attached hydrogen (secondary N) is 2. The number of Topliss-reactive ketones (excluding diaryl/α,β-unsaturated/α-hetero) is 1. The van der Waals surface area contributed by atoms with E-state index in [0.29, 0.717) is 19.5 Å². The number of ketones is 1. The third-order valence-corrected chi connectivity index (χ3v) is 2.66. The lowest BCUT2D eigenvalue weighted by atomic mass is 10.2. The van der Waals surface area contributed by atoms with E-state index in [0.717, 1.165) is 10.0 Å². The van der Waals surface area contributed by atoms with Crippen LogP contribution < -0.4 is 10.6 Å². The number of rotatable bonds is 5. The number of urea groups is 1. The minimum absolute atomic E-state index is 0.0678. The smallest absolute Gasteiger partial charge is 0.315 e. The first kappa shape index (κ1) is 13.7. The van der Waals surface area contributed by atoms with Gasteiger partial charge in [-0.2, -0.15) is 0 Å². The molecular formula is C12H15BrN2O2. The molecule has 1 rings (SSSR count). The zero-order valence-corrected chi connectivity index (χ0v) is 11.2. The molecule has 0 aliphatic rings. The van der Waals surface area contributed by atoms with Gasteiger partial charge in [-0.1, -0.05) is 28.1 Å². The molecule has 0 aliphatic carbocycles. The average Bonchev–Trinajstić information content (AvgIpc) is 2.28. The van der Waals surface area contributed by atoms with E-state index in [4.69, 9.17) is 0 Å². The van der Waals surface area contributed by atoms with E-state index in [1.807, 2.05) is 24.3 Å². The summed E-state index contributed by atoms with van der Waals surface area (Å²) < 4.78 is 1.01. The van der Waals surface area contributed by atoms with Gasteiger partial charge in [0.05, 0.1) is 0 Å². The first-order valence-corrected chi connectivity index (χ1v) is 6.13. The molecule has 0 atom stereocenters. The largest absolute Gasteiger partial charge is 0.338 e. The molecule has 1 aromatic rings. The summed E-state index contributed by atoms with van der Waals surface area (Å²) in [6.07, 6.45) is 0.367. The molecular weight excluding hydrogens is 284 g/mol. The van der Waals surface area contributed by atoms with Crippen molar-refractivity contribution >= 4 is 27.7 Å². The van der Waals surface area contributed by atoms with E-state index in [2.05, 4.69) is 26.6 Å². The quantitative estimate of drug-likeness (QED) is 0.876. The Hall–Kier alpha value is -1.36. The lowest BCUT2D eigenvalue weighted by Gasteiger charge is -2.06. The standard InChI is InChI=1S/C12H15BrN2O2/c1-9(16)6-7-14-12(17)15-8-10-2-4-11(13)5-3-10/h2-5H,6-8H2,1H3,(H2,14,15,17). The van der Waals surface area contributed by atoms with Crippen LogP contribution in [0.3, 0.4) is 0 Å². The van der Waals surface area contributed by atoms with Crippen molar-refractivity contribution in [3.8, 4) is 0 Å². The van der Waals surface area contributed by atoms with Gasteiger partial charge in [-0.15, -0.1) is 0 Å². The van der Waals surface area contributed by atoms with Crippen LogP contribution in [0, 0.1) is 0 Å². The molecule has 0 heterocycles. The monoisotopic (exact) mass is 298 g/mol. The molecule has 5 heteroatoms. The normalized spacial score (nSPS) is 9.76. The van der Waals surface area contributed by atoms with Gasteiger partial charge in [0, 0.05) is 24.0 Å². The topological polar surface area (TPSA) is 58.2 Å². The van der Waals surface area contributed by atoms with Gasteiger partial charge < -0.3 is 10.6 Å². The Balaban J connectivity index is 2.23. The predicted molar refractivity (Wildman–Crippen MR) is 69.7 cm³/mol. The second-order valence-electron chi connectivity index (χ2n) is 3.69. The predicted octanol–water partition coefficient (Wildman–Crippen LogP) is 2.23. The summed E-state index contributed by atoms with van der Waals surface area (Å²) in [4.78, 5) is 22.0. The first-order chi connectivity index (χ1) is 8.08. The second-order valence-corrected chi connectivity index (χ2v) is 4.60. The van der Waals surface area contributed by atoms with E-state index in [1.54, 1.807) is 0 Å².